The molecule has 5 heteroatoms. The maximum atomic E-state index is 11.4. The molecule has 0 fully saturated rings. The molecule has 0 aromatic rings. The van der Waals surface area contributed by atoms with Crippen LogP contribution in [0.1, 0.15) is 6.92 Å². The molecular formula is C4H7FN2OS. The van der Waals surface area contributed by atoms with Gasteiger partial charge in [-0.2, -0.15) is 0 Å². The SMILES string of the molecule is CCSC(=NF)NC=O. The lowest BCUT2D eigenvalue weighted by atomic mass is 11.0. The van der Waals surface area contributed by atoms with Crippen LogP contribution in [0, 0.1) is 0 Å². The summed E-state index contributed by atoms with van der Waals surface area (Å²) in [5, 5.41) is 4.40. The first-order valence-corrected chi connectivity index (χ1v) is 3.35. The van der Waals surface area contributed by atoms with Crippen LogP contribution in [-0.2, 0) is 4.79 Å². The first-order valence-electron chi connectivity index (χ1n) is 2.37. The Balaban J connectivity index is 3.55. The molecule has 0 aromatic carbocycles. The van der Waals surface area contributed by atoms with E-state index in [-0.39, 0.29) is 5.17 Å². The van der Waals surface area contributed by atoms with Gasteiger partial charge in [-0.05, 0) is 5.75 Å². The zero-order valence-electron chi connectivity index (χ0n) is 4.93. The van der Waals surface area contributed by atoms with Gasteiger partial charge in [-0.15, -0.1) is 0 Å². The lowest BCUT2D eigenvalue weighted by Gasteiger charge is -1.94. The highest BCUT2D eigenvalue weighted by atomic mass is 32.2. The average molecular weight is 150 g/mol. The minimum Gasteiger partial charge on any atom is -0.306 e. The Morgan fingerprint density at radius 3 is 3.00 bits per heavy atom. The van der Waals surface area contributed by atoms with Gasteiger partial charge in [0.15, 0.2) is 5.17 Å². The van der Waals surface area contributed by atoms with Gasteiger partial charge in [0, 0.05) is 0 Å². The number of hydrogen-bond donors (Lipinski definition) is 1. The second kappa shape index (κ2) is 5.55. The summed E-state index contributed by atoms with van der Waals surface area (Å²) in [4.78, 5) is 9.68. The van der Waals surface area contributed by atoms with E-state index in [1.165, 1.54) is 0 Å². The molecule has 0 aliphatic heterocycles. The molecule has 0 bridgehead atoms. The maximum absolute atomic E-state index is 11.4. The van der Waals surface area contributed by atoms with Gasteiger partial charge in [-0.1, -0.05) is 28.4 Å². The average Bonchev–Trinajstić information content (AvgIpc) is 1.88. The van der Waals surface area contributed by atoms with Crippen LogP contribution >= 0.6 is 11.8 Å². The van der Waals surface area contributed by atoms with E-state index in [0.29, 0.717) is 12.2 Å². The van der Waals surface area contributed by atoms with Crippen LogP contribution < -0.4 is 5.32 Å². The molecule has 0 saturated carbocycles. The molecule has 0 aromatic heterocycles. The lowest BCUT2D eigenvalue weighted by Crippen LogP contribution is -2.17. The third-order valence-electron chi connectivity index (χ3n) is 0.540. The molecule has 9 heavy (non-hydrogen) atoms. The highest BCUT2D eigenvalue weighted by molar-refractivity contribution is 8.13. The van der Waals surface area contributed by atoms with Crippen molar-refractivity contribution < 1.29 is 9.28 Å². The molecule has 3 nitrogen and oxygen atoms in total. The first kappa shape index (κ1) is 8.42. The highest BCUT2D eigenvalue weighted by Crippen LogP contribution is 1.99. The molecule has 0 heterocycles. The zero-order valence-corrected chi connectivity index (χ0v) is 5.74. The van der Waals surface area contributed by atoms with Crippen LogP contribution in [0.25, 0.3) is 0 Å². The number of thioether (sulfide) groups is 1. The van der Waals surface area contributed by atoms with E-state index in [0.717, 1.165) is 11.8 Å². The van der Waals surface area contributed by atoms with Crippen molar-refractivity contribution in [3.8, 4) is 0 Å². The molecule has 0 atom stereocenters. The number of rotatable bonds is 2. The Morgan fingerprint density at radius 1 is 2.00 bits per heavy atom. The van der Waals surface area contributed by atoms with Crippen molar-refractivity contribution in [3.05, 3.63) is 0 Å². The van der Waals surface area contributed by atoms with Gasteiger partial charge in [0.05, 0.1) is 0 Å². The Kier molecular flexibility index (Phi) is 5.20. The van der Waals surface area contributed by atoms with Crippen molar-refractivity contribution in [1.29, 1.82) is 0 Å². The monoisotopic (exact) mass is 150 g/mol. The fourth-order valence-electron chi connectivity index (χ4n) is 0.278. The number of nitrogens with one attached hydrogen (secondary N) is 1. The van der Waals surface area contributed by atoms with Crippen LogP contribution in [0.4, 0.5) is 4.48 Å². The zero-order chi connectivity index (χ0) is 7.11. The minimum atomic E-state index is 0.00694. The van der Waals surface area contributed by atoms with Crippen molar-refractivity contribution in [1.82, 2.24) is 5.32 Å². The summed E-state index contributed by atoms with van der Waals surface area (Å²) < 4.78 is 11.4. The molecule has 0 aliphatic carbocycles. The Morgan fingerprint density at radius 2 is 2.67 bits per heavy atom. The third-order valence-corrected chi connectivity index (χ3v) is 1.29. The number of hydrogen-bond acceptors (Lipinski definition) is 3. The molecule has 1 N–H and O–H groups in total. The number of amidine groups is 1. The molecular weight excluding hydrogens is 143 g/mol. The van der Waals surface area contributed by atoms with Crippen molar-refractivity contribution in [2.75, 3.05) is 5.75 Å². The number of carbonyl (C=O) groups is 1. The van der Waals surface area contributed by atoms with E-state index in [1.807, 2.05) is 6.92 Å². The van der Waals surface area contributed by atoms with Crippen molar-refractivity contribution in [2.45, 2.75) is 6.92 Å². The first-order chi connectivity index (χ1) is 4.35. The Bertz CT molecular complexity index is 117. The fourth-order valence-corrected chi connectivity index (χ4v) is 0.731. The van der Waals surface area contributed by atoms with Gasteiger partial charge in [-0.3, -0.25) is 4.79 Å². The predicted molar refractivity (Wildman–Crippen MR) is 35.9 cm³/mol. The lowest BCUT2D eigenvalue weighted by molar-refractivity contribution is -0.108. The van der Waals surface area contributed by atoms with Gasteiger partial charge in [0.25, 0.3) is 0 Å². The Hall–Kier alpha value is -0.580. The van der Waals surface area contributed by atoms with E-state index in [1.54, 1.807) is 0 Å². The van der Waals surface area contributed by atoms with E-state index in [9.17, 15) is 9.28 Å². The summed E-state index contributed by atoms with van der Waals surface area (Å²) in [7, 11) is 0. The molecule has 0 unspecified atom stereocenters. The molecule has 0 saturated heterocycles. The number of amides is 1. The quantitative estimate of drug-likeness (QED) is 0.358. The van der Waals surface area contributed by atoms with Gasteiger partial charge in [0.1, 0.15) is 0 Å². The summed E-state index contributed by atoms with van der Waals surface area (Å²) in [5.41, 5.74) is 0. The third kappa shape index (κ3) is 3.96. The topological polar surface area (TPSA) is 41.5 Å². The number of nitrogens with zero attached hydrogens (tertiary/aromatic N) is 1. The smallest absolute Gasteiger partial charge is 0.213 e. The summed E-state index contributed by atoms with van der Waals surface area (Å²) in [5.74, 6) is 0.684. The van der Waals surface area contributed by atoms with Gasteiger partial charge in [-0.25, -0.2) is 0 Å². The second-order valence-electron chi connectivity index (χ2n) is 1.08. The predicted octanol–water partition coefficient (Wildman–Crippen LogP) is 0.726. The van der Waals surface area contributed by atoms with Gasteiger partial charge in [0.2, 0.25) is 6.41 Å². The van der Waals surface area contributed by atoms with E-state index in [4.69, 9.17) is 0 Å². The molecule has 1 amide bonds. The number of halogens is 1. The molecule has 0 rings (SSSR count). The van der Waals surface area contributed by atoms with Crippen LogP contribution in [0.2, 0.25) is 0 Å². The standard InChI is InChI=1S/C4H7FN2OS/c1-2-9-4(7-5)6-3-8/h3H,2H2,1H3,(H,6,7,8). The van der Waals surface area contributed by atoms with Crippen LogP contribution in [0.3, 0.4) is 0 Å². The fraction of sp³-hybridized carbons (Fsp3) is 0.500. The molecule has 0 radical (unpaired) electrons. The van der Waals surface area contributed by atoms with Gasteiger partial charge < -0.3 is 5.32 Å². The second-order valence-corrected chi connectivity index (χ2v) is 2.34. The number of carbonyl (C=O) groups excluding carboxylic acids is 1. The van der Waals surface area contributed by atoms with Crippen LogP contribution in [0.15, 0.2) is 5.21 Å². The van der Waals surface area contributed by atoms with Crippen LogP contribution in [0.5, 0.6) is 0 Å². The van der Waals surface area contributed by atoms with Crippen molar-refractivity contribution >= 4 is 23.3 Å². The van der Waals surface area contributed by atoms with Crippen LogP contribution in [-0.4, -0.2) is 17.3 Å². The summed E-state index contributed by atoms with van der Waals surface area (Å²) >= 11 is 1.13. The van der Waals surface area contributed by atoms with E-state index < -0.39 is 0 Å². The molecule has 52 valence electrons. The van der Waals surface area contributed by atoms with E-state index in [2.05, 4.69) is 10.5 Å². The van der Waals surface area contributed by atoms with Crippen molar-refractivity contribution in [3.63, 3.8) is 0 Å². The van der Waals surface area contributed by atoms with Crippen molar-refractivity contribution in [2.24, 2.45) is 5.21 Å². The summed E-state index contributed by atoms with van der Waals surface area (Å²) in [6, 6.07) is 0. The Labute approximate surface area is 56.7 Å². The largest absolute Gasteiger partial charge is 0.306 e. The highest BCUT2D eigenvalue weighted by Gasteiger charge is 1.94. The normalized spacial score (nSPS) is 11.1. The summed E-state index contributed by atoms with van der Waals surface area (Å²) in [6.45, 7) is 1.84. The van der Waals surface area contributed by atoms with Gasteiger partial charge >= 0.3 is 0 Å². The maximum Gasteiger partial charge on any atom is 0.213 e. The molecule has 0 spiro atoms. The summed E-state index contributed by atoms with van der Waals surface area (Å²) in [6.07, 6.45) is 0.390. The van der Waals surface area contributed by atoms with E-state index >= 15 is 0 Å². The molecule has 0 aliphatic rings. The minimum absolute atomic E-state index is 0.00694.